The van der Waals surface area contributed by atoms with Gasteiger partial charge in [-0.05, 0) is 31.4 Å². The van der Waals surface area contributed by atoms with Gasteiger partial charge in [0.25, 0.3) is 0 Å². The molecule has 118 valence electrons. The summed E-state index contributed by atoms with van der Waals surface area (Å²) in [6.45, 7) is 3.80. The van der Waals surface area contributed by atoms with Crippen LogP contribution in [-0.4, -0.2) is 42.3 Å². The van der Waals surface area contributed by atoms with Crippen LogP contribution in [0.25, 0.3) is 0 Å². The first-order valence-corrected chi connectivity index (χ1v) is 7.29. The number of carbonyl (C=O) groups excluding carboxylic acids is 3. The number of hydrogen-bond acceptors (Lipinski definition) is 3. The van der Waals surface area contributed by atoms with Gasteiger partial charge in [-0.2, -0.15) is 0 Å². The average Bonchev–Trinajstić information content (AvgIpc) is 2.88. The maximum atomic E-state index is 12.1. The minimum Gasteiger partial charge on any atom is -0.344 e. The zero-order valence-electron chi connectivity index (χ0n) is 13.1. The molecule has 0 radical (unpaired) electrons. The Morgan fingerprint density at radius 2 is 1.95 bits per heavy atom. The van der Waals surface area contributed by atoms with E-state index in [2.05, 4.69) is 10.6 Å². The fourth-order valence-electron chi connectivity index (χ4n) is 2.55. The largest absolute Gasteiger partial charge is 0.344 e. The van der Waals surface area contributed by atoms with Gasteiger partial charge in [-0.25, -0.2) is 0 Å². The van der Waals surface area contributed by atoms with Crippen molar-refractivity contribution in [2.45, 2.75) is 32.7 Å². The fraction of sp³-hybridized carbons (Fsp3) is 0.438. The molecule has 0 spiro atoms. The Morgan fingerprint density at radius 3 is 2.50 bits per heavy atom. The quantitative estimate of drug-likeness (QED) is 0.870. The summed E-state index contributed by atoms with van der Waals surface area (Å²) in [6.07, 6.45) is 0.847. The third-order valence-electron chi connectivity index (χ3n) is 3.80. The number of likely N-dealkylation sites (N-methyl/N-ethyl adjacent to an activating group) is 1. The van der Waals surface area contributed by atoms with Crippen LogP contribution in [0.1, 0.15) is 24.0 Å². The zero-order valence-corrected chi connectivity index (χ0v) is 13.1. The number of nitrogens with zero attached hydrogens (tertiary/aromatic N) is 1. The van der Waals surface area contributed by atoms with Crippen molar-refractivity contribution in [3.8, 4) is 0 Å². The second-order valence-electron chi connectivity index (χ2n) is 5.67. The highest BCUT2D eigenvalue weighted by Crippen LogP contribution is 2.19. The highest BCUT2D eigenvalue weighted by molar-refractivity contribution is 5.97. The Hall–Kier alpha value is -2.37. The summed E-state index contributed by atoms with van der Waals surface area (Å²) in [6, 6.07) is 5.26. The number of nitrogens with one attached hydrogen (secondary N) is 2. The van der Waals surface area contributed by atoms with Crippen LogP contribution in [-0.2, 0) is 14.4 Å². The monoisotopic (exact) mass is 303 g/mol. The fourth-order valence-corrected chi connectivity index (χ4v) is 2.55. The van der Waals surface area contributed by atoms with Crippen LogP contribution in [0.2, 0.25) is 0 Å². The lowest BCUT2D eigenvalue weighted by Gasteiger charge is -2.21. The summed E-state index contributed by atoms with van der Waals surface area (Å²) in [5, 5.41) is 5.46. The molecule has 0 bridgehead atoms. The van der Waals surface area contributed by atoms with Crippen LogP contribution in [0.15, 0.2) is 18.2 Å². The number of anilines is 1. The van der Waals surface area contributed by atoms with Crippen molar-refractivity contribution in [3.63, 3.8) is 0 Å². The van der Waals surface area contributed by atoms with E-state index < -0.39 is 6.04 Å². The molecule has 1 atom stereocenters. The van der Waals surface area contributed by atoms with E-state index in [0.29, 0.717) is 12.8 Å². The highest BCUT2D eigenvalue weighted by atomic mass is 16.2. The summed E-state index contributed by atoms with van der Waals surface area (Å²) >= 11 is 0. The number of benzene rings is 1. The summed E-state index contributed by atoms with van der Waals surface area (Å²) in [5.74, 6) is -0.605. The van der Waals surface area contributed by atoms with Gasteiger partial charge in [-0.3, -0.25) is 14.4 Å². The van der Waals surface area contributed by atoms with Crippen LogP contribution in [0, 0.1) is 13.8 Å². The maximum Gasteiger partial charge on any atom is 0.245 e. The SMILES string of the molecule is Cc1cccc(C)c1NC(=O)CN(C)C(=O)[C@@H]1CCC(=O)N1. The lowest BCUT2D eigenvalue weighted by atomic mass is 10.1. The number of carbonyl (C=O) groups is 3. The molecule has 0 aliphatic carbocycles. The van der Waals surface area contributed by atoms with Crippen molar-refractivity contribution in [1.29, 1.82) is 0 Å². The normalized spacial score (nSPS) is 17.0. The second kappa shape index (κ2) is 6.60. The smallest absolute Gasteiger partial charge is 0.245 e. The van der Waals surface area contributed by atoms with E-state index >= 15 is 0 Å². The molecule has 22 heavy (non-hydrogen) atoms. The molecular formula is C16H21N3O3. The van der Waals surface area contributed by atoms with Crippen molar-refractivity contribution in [3.05, 3.63) is 29.3 Å². The van der Waals surface area contributed by atoms with Crippen molar-refractivity contribution in [2.24, 2.45) is 0 Å². The molecule has 2 N–H and O–H groups in total. The molecule has 1 heterocycles. The van der Waals surface area contributed by atoms with Gasteiger partial charge in [0.1, 0.15) is 6.04 Å². The molecule has 0 unspecified atom stereocenters. The van der Waals surface area contributed by atoms with Gasteiger partial charge in [0, 0.05) is 19.2 Å². The number of rotatable bonds is 4. The Bertz CT molecular complexity index is 592. The summed E-state index contributed by atoms with van der Waals surface area (Å²) < 4.78 is 0. The molecule has 2 rings (SSSR count). The molecule has 1 aliphatic heterocycles. The van der Waals surface area contributed by atoms with E-state index in [1.165, 1.54) is 4.90 Å². The molecule has 1 saturated heterocycles. The van der Waals surface area contributed by atoms with Gasteiger partial charge in [-0.1, -0.05) is 18.2 Å². The Labute approximate surface area is 129 Å². The summed E-state index contributed by atoms with van der Waals surface area (Å²) in [7, 11) is 1.57. The van der Waals surface area contributed by atoms with E-state index in [-0.39, 0.29) is 24.3 Å². The Morgan fingerprint density at radius 1 is 1.32 bits per heavy atom. The van der Waals surface area contributed by atoms with Crippen molar-refractivity contribution >= 4 is 23.4 Å². The van der Waals surface area contributed by atoms with Crippen LogP contribution in [0.4, 0.5) is 5.69 Å². The average molecular weight is 303 g/mol. The van der Waals surface area contributed by atoms with Crippen LogP contribution in [0.5, 0.6) is 0 Å². The second-order valence-corrected chi connectivity index (χ2v) is 5.67. The van der Waals surface area contributed by atoms with E-state index in [4.69, 9.17) is 0 Å². The van der Waals surface area contributed by atoms with Crippen LogP contribution < -0.4 is 10.6 Å². The standard InChI is InChI=1S/C16H21N3O3/c1-10-5-4-6-11(2)15(10)18-14(21)9-19(3)16(22)12-7-8-13(20)17-12/h4-6,12H,7-9H2,1-3H3,(H,17,20)(H,18,21)/t12-/m0/s1. The summed E-state index contributed by atoms with van der Waals surface area (Å²) in [4.78, 5) is 36.8. The number of aryl methyl sites for hydroxylation is 2. The third kappa shape index (κ3) is 3.63. The molecular weight excluding hydrogens is 282 g/mol. The van der Waals surface area contributed by atoms with E-state index in [9.17, 15) is 14.4 Å². The molecule has 3 amide bonds. The predicted molar refractivity (Wildman–Crippen MR) is 83.3 cm³/mol. The first-order chi connectivity index (χ1) is 10.4. The first-order valence-electron chi connectivity index (χ1n) is 7.29. The van der Waals surface area contributed by atoms with E-state index in [0.717, 1.165) is 16.8 Å². The topological polar surface area (TPSA) is 78.5 Å². The Kier molecular flexibility index (Phi) is 4.80. The Balaban J connectivity index is 1.94. The maximum absolute atomic E-state index is 12.1. The molecule has 1 aromatic rings. The van der Waals surface area contributed by atoms with Crippen molar-refractivity contribution in [2.75, 3.05) is 18.9 Å². The van der Waals surface area contributed by atoms with E-state index in [1.54, 1.807) is 7.05 Å². The van der Waals surface area contributed by atoms with Crippen LogP contribution in [0.3, 0.4) is 0 Å². The summed E-state index contributed by atoms with van der Waals surface area (Å²) in [5.41, 5.74) is 2.73. The van der Waals surface area contributed by atoms with E-state index in [1.807, 2.05) is 32.0 Å². The number of para-hydroxylation sites is 1. The number of amides is 3. The van der Waals surface area contributed by atoms with Gasteiger partial charge in [0.15, 0.2) is 0 Å². The molecule has 6 heteroatoms. The van der Waals surface area contributed by atoms with Crippen LogP contribution >= 0.6 is 0 Å². The minimum absolute atomic E-state index is 0.0427. The lowest BCUT2D eigenvalue weighted by Crippen LogP contribution is -2.45. The van der Waals surface area contributed by atoms with Gasteiger partial charge in [0.2, 0.25) is 17.7 Å². The highest BCUT2D eigenvalue weighted by Gasteiger charge is 2.30. The predicted octanol–water partition coefficient (Wildman–Crippen LogP) is 0.979. The zero-order chi connectivity index (χ0) is 16.3. The minimum atomic E-state index is -0.509. The van der Waals surface area contributed by atoms with Gasteiger partial charge < -0.3 is 15.5 Å². The van der Waals surface area contributed by atoms with Gasteiger partial charge in [0.05, 0.1) is 6.54 Å². The number of hydrogen-bond donors (Lipinski definition) is 2. The third-order valence-corrected chi connectivity index (χ3v) is 3.80. The molecule has 1 aromatic carbocycles. The molecule has 0 aromatic heterocycles. The van der Waals surface area contributed by atoms with Gasteiger partial charge >= 0.3 is 0 Å². The van der Waals surface area contributed by atoms with Crippen molar-refractivity contribution < 1.29 is 14.4 Å². The molecule has 0 saturated carbocycles. The molecule has 1 aliphatic rings. The van der Waals surface area contributed by atoms with Gasteiger partial charge in [-0.15, -0.1) is 0 Å². The molecule has 6 nitrogen and oxygen atoms in total. The lowest BCUT2D eigenvalue weighted by molar-refractivity contribution is -0.135. The van der Waals surface area contributed by atoms with Crippen molar-refractivity contribution in [1.82, 2.24) is 10.2 Å². The molecule has 1 fully saturated rings. The first kappa shape index (κ1) is 16.0.